The van der Waals surface area contributed by atoms with Gasteiger partial charge in [0.15, 0.2) is 0 Å². The lowest BCUT2D eigenvalue weighted by Gasteiger charge is -1.99. The molecule has 20 heavy (non-hydrogen) atoms. The van der Waals surface area contributed by atoms with Gasteiger partial charge in [0.1, 0.15) is 0 Å². The second-order valence-electron chi connectivity index (χ2n) is 4.30. The van der Waals surface area contributed by atoms with Gasteiger partial charge in [-0.2, -0.15) is 12.6 Å². The average Bonchev–Trinajstić information content (AvgIpc) is 2.51. The number of rotatable bonds is 5. The van der Waals surface area contributed by atoms with E-state index in [-0.39, 0.29) is 0 Å². The van der Waals surface area contributed by atoms with Crippen molar-refractivity contribution in [1.82, 2.24) is 0 Å². The van der Waals surface area contributed by atoms with Crippen LogP contribution in [0.15, 0.2) is 64.0 Å². The summed E-state index contributed by atoms with van der Waals surface area (Å²) in [6, 6.07) is 18.7. The first-order valence-corrected chi connectivity index (χ1v) is 9.20. The molecule has 0 N–H and O–H groups in total. The Morgan fingerprint density at radius 3 is 2.15 bits per heavy atom. The minimum Gasteiger partial charge on any atom is -0.175 e. The van der Waals surface area contributed by atoms with Gasteiger partial charge < -0.3 is 0 Å². The number of unbranched alkanes of at least 4 members (excludes halogenated alkanes) is 1. The van der Waals surface area contributed by atoms with Crippen LogP contribution >= 0.6 is 40.3 Å². The van der Waals surface area contributed by atoms with Crippen molar-refractivity contribution in [3.8, 4) is 0 Å². The van der Waals surface area contributed by atoms with Gasteiger partial charge in [-0.1, -0.05) is 59.6 Å². The summed E-state index contributed by atoms with van der Waals surface area (Å²) in [6.45, 7) is 2.22. The number of halogens is 1. The molecule has 0 unspecified atom stereocenters. The van der Waals surface area contributed by atoms with Crippen LogP contribution in [0.2, 0.25) is 0 Å². The van der Waals surface area contributed by atoms with Crippen molar-refractivity contribution in [1.29, 1.82) is 0 Å². The fourth-order valence-corrected chi connectivity index (χ4v) is 2.92. The summed E-state index contributed by atoms with van der Waals surface area (Å²) in [5.41, 5.74) is 1.27. The Kier molecular flexibility index (Phi) is 9.98. The van der Waals surface area contributed by atoms with Gasteiger partial charge in [0.2, 0.25) is 0 Å². The molecule has 108 valence electrons. The van der Waals surface area contributed by atoms with Crippen molar-refractivity contribution < 1.29 is 0 Å². The third-order valence-electron chi connectivity index (χ3n) is 2.61. The van der Waals surface area contributed by atoms with Crippen LogP contribution in [0.3, 0.4) is 0 Å². The third-order valence-corrected chi connectivity index (χ3v) is 4.60. The van der Waals surface area contributed by atoms with Crippen LogP contribution in [0.4, 0.5) is 0 Å². The highest BCUT2D eigenvalue weighted by Crippen LogP contribution is 2.21. The van der Waals surface area contributed by atoms with Gasteiger partial charge in [0.05, 0.1) is 0 Å². The molecule has 0 nitrogen and oxygen atoms in total. The van der Waals surface area contributed by atoms with Crippen molar-refractivity contribution in [2.75, 3.05) is 5.75 Å². The zero-order valence-corrected chi connectivity index (χ0v) is 15.1. The molecular weight excluding hydrogens is 348 g/mol. The lowest BCUT2D eigenvalue weighted by atomic mass is 10.2. The molecule has 2 aromatic carbocycles. The highest BCUT2D eigenvalue weighted by atomic mass is 79.9. The van der Waals surface area contributed by atoms with Crippen molar-refractivity contribution in [2.45, 2.75) is 30.4 Å². The molecule has 0 spiro atoms. The van der Waals surface area contributed by atoms with Gasteiger partial charge in [-0.25, -0.2) is 0 Å². The predicted molar refractivity (Wildman–Crippen MR) is 98.9 cm³/mol. The van der Waals surface area contributed by atoms with Gasteiger partial charge in [0.25, 0.3) is 0 Å². The Hall–Kier alpha value is -0.380. The fraction of sp³-hybridized carbons (Fsp3) is 0.294. The molecule has 0 radical (unpaired) electrons. The number of thioether (sulfide) groups is 1. The summed E-state index contributed by atoms with van der Waals surface area (Å²) in [6.07, 6.45) is 2.59. The lowest BCUT2D eigenvalue weighted by Crippen LogP contribution is -1.77. The fourth-order valence-electron chi connectivity index (χ4n) is 1.45. The molecular formula is C17H21BrS2. The van der Waals surface area contributed by atoms with Crippen LogP contribution in [0.25, 0.3) is 0 Å². The Morgan fingerprint density at radius 2 is 1.65 bits per heavy atom. The molecule has 2 rings (SSSR count). The topological polar surface area (TPSA) is 0 Å². The van der Waals surface area contributed by atoms with Gasteiger partial charge in [-0.3, -0.25) is 0 Å². The molecule has 0 fully saturated rings. The van der Waals surface area contributed by atoms with Gasteiger partial charge in [-0.05, 0) is 42.0 Å². The normalized spacial score (nSPS) is 9.75. The van der Waals surface area contributed by atoms with E-state index in [1.165, 1.54) is 29.1 Å². The predicted octanol–water partition coefficient (Wildman–Crippen LogP) is 6.46. The van der Waals surface area contributed by atoms with E-state index in [4.69, 9.17) is 0 Å². The number of benzene rings is 2. The first-order valence-electron chi connectivity index (χ1n) is 6.79. The molecule has 0 saturated heterocycles. The molecule has 0 amide bonds. The second-order valence-corrected chi connectivity index (χ2v) is 6.70. The number of hydrogen-bond donors (Lipinski definition) is 1. The first-order chi connectivity index (χ1) is 9.76. The minimum atomic E-state index is 0.834. The molecule has 3 heteroatoms. The van der Waals surface area contributed by atoms with Crippen LogP contribution in [-0.4, -0.2) is 5.75 Å². The molecule has 0 aliphatic rings. The highest BCUT2D eigenvalue weighted by molar-refractivity contribution is 9.10. The SMILES string of the molecule is CCCCSc1ccc(Br)cc1.SCc1ccccc1. The Bertz CT molecular complexity index is 454. The van der Waals surface area contributed by atoms with E-state index >= 15 is 0 Å². The van der Waals surface area contributed by atoms with Gasteiger partial charge >= 0.3 is 0 Å². The van der Waals surface area contributed by atoms with Gasteiger partial charge in [0, 0.05) is 15.1 Å². The number of hydrogen-bond acceptors (Lipinski definition) is 2. The molecule has 2 aromatic rings. The van der Waals surface area contributed by atoms with Crippen LogP contribution < -0.4 is 0 Å². The Morgan fingerprint density at radius 1 is 1.00 bits per heavy atom. The van der Waals surface area contributed by atoms with Crippen LogP contribution in [0.1, 0.15) is 25.3 Å². The molecule has 0 aliphatic carbocycles. The molecule has 0 heterocycles. The van der Waals surface area contributed by atoms with E-state index in [1.54, 1.807) is 0 Å². The molecule has 0 aliphatic heterocycles. The summed E-state index contributed by atoms with van der Waals surface area (Å²) < 4.78 is 1.15. The Labute approximate surface area is 140 Å². The van der Waals surface area contributed by atoms with Gasteiger partial charge in [-0.15, -0.1) is 11.8 Å². The quantitative estimate of drug-likeness (QED) is 0.359. The third kappa shape index (κ3) is 8.03. The molecule has 0 aromatic heterocycles. The van der Waals surface area contributed by atoms with Crippen molar-refractivity contribution in [3.05, 3.63) is 64.6 Å². The lowest BCUT2D eigenvalue weighted by molar-refractivity contribution is 0.896. The molecule has 0 saturated carbocycles. The average molecular weight is 369 g/mol. The second kappa shape index (κ2) is 11.3. The van der Waals surface area contributed by atoms with Crippen molar-refractivity contribution in [2.24, 2.45) is 0 Å². The summed E-state index contributed by atoms with van der Waals surface area (Å²) >= 11 is 9.46. The maximum atomic E-state index is 4.11. The molecule has 0 atom stereocenters. The number of thiol groups is 1. The van der Waals surface area contributed by atoms with E-state index in [2.05, 4.69) is 71.9 Å². The molecule has 0 bridgehead atoms. The van der Waals surface area contributed by atoms with E-state index in [9.17, 15) is 0 Å². The highest BCUT2D eigenvalue weighted by Gasteiger charge is 1.92. The van der Waals surface area contributed by atoms with E-state index < -0.39 is 0 Å². The zero-order valence-electron chi connectivity index (χ0n) is 11.8. The smallest absolute Gasteiger partial charge is 0.0176 e. The standard InChI is InChI=1S/C10H13BrS.C7H8S/c1-2-3-8-12-10-6-4-9(11)5-7-10;8-6-7-4-2-1-3-5-7/h4-7H,2-3,8H2,1H3;1-5,8H,6H2. The first kappa shape index (κ1) is 17.7. The zero-order chi connectivity index (χ0) is 14.6. The maximum absolute atomic E-state index is 4.11. The Balaban J connectivity index is 0.000000217. The van der Waals surface area contributed by atoms with E-state index in [0.29, 0.717) is 0 Å². The van der Waals surface area contributed by atoms with Crippen LogP contribution in [0.5, 0.6) is 0 Å². The van der Waals surface area contributed by atoms with Crippen molar-refractivity contribution in [3.63, 3.8) is 0 Å². The summed E-state index contributed by atoms with van der Waals surface area (Å²) in [4.78, 5) is 1.37. The van der Waals surface area contributed by atoms with Crippen LogP contribution in [-0.2, 0) is 5.75 Å². The van der Waals surface area contributed by atoms with Crippen LogP contribution in [0, 0.1) is 0 Å². The summed E-state index contributed by atoms with van der Waals surface area (Å²) in [5, 5.41) is 0. The minimum absolute atomic E-state index is 0.834. The van der Waals surface area contributed by atoms with Crippen molar-refractivity contribution >= 4 is 40.3 Å². The summed E-state index contributed by atoms with van der Waals surface area (Å²) in [5.74, 6) is 2.07. The monoisotopic (exact) mass is 368 g/mol. The van der Waals surface area contributed by atoms with E-state index in [1.807, 2.05) is 30.0 Å². The summed E-state index contributed by atoms with van der Waals surface area (Å²) in [7, 11) is 0. The van der Waals surface area contributed by atoms with E-state index in [0.717, 1.165) is 10.2 Å². The maximum Gasteiger partial charge on any atom is 0.0176 e. The largest absolute Gasteiger partial charge is 0.175 e.